The molecule has 0 fully saturated rings. The minimum Gasteiger partial charge on any atom is -0.0876 e. The Labute approximate surface area is 138 Å². The Hall–Kier alpha value is -2.12. The molecule has 0 saturated carbocycles. The van der Waals surface area contributed by atoms with E-state index < -0.39 is 0 Å². The first-order chi connectivity index (χ1) is 10.9. The highest BCUT2D eigenvalue weighted by Gasteiger charge is 2.09. The van der Waals surface area contributed by atoms with Gasteiger partial charge < -0.3 is 0 Å². The second-order valence-electron chi connectivity index (χ2n) is 5.51. The van der Waals surface area contributed by atoms with E-state index in [0.717, 1.165) is 5.33 Å². The SMILES string of the molecule is BrCc1c(-c2ccc3ccccc3c2)ccc2ccccc12. The van der Waals surface area contributed by atoms with Gasteiger partial charge in [-0.05, 0) is 44.3 Å². The summed E-state index contributed by atoms with van der Waals surface area (Å²) in [7, 11) is 0. The third-order valence-electron chi connectivity index (χ3n) is 4.23. The van der Waals surface area contributed by atoms with Crippen molar-refractivity contribution in [3.8, 4) is 11.1 Å². The van der Waals surface area contributed by atoms with Gasteiger partial charge in [0.05, 0.1) is 0 Å². The van der Waals surface area contributed by atoms with Crippen LogP contribution in [0.1, 0.15) is 5.56 Å². The second kappa shape index (κ2) is 5.58. The van der Waals surface area contributed by atoms with E-state index in [2.05, 4.69) is 94.8 Å². The maximum Gasteiger partial charge on any atom is 0.0295 e. The van der Waals surface area contributed by atoms with Gasteiger partial charge in [0.15, 0.2) is 0 Å². The lowest BCUT2D eigenvalue weighted by atomic mass is 9.94. The lowest BCUT2D eigenvalue weighted by Gasteiger charge is -2.12. The van der Waals surface area contributed by atoms with E-state index in [1.165, 1.54) is 38.2 Å². The Morgan fingerprint density at radius 3 is 2.14 bits per heavy atom. The average Bonchev–Trinajstić information content (AvgIpc) is 2.60. The second-order valence-corrected chi connectivity index (χ2v) is 6.07. The normalized spacial score (nSPS) is 11.1. The summed E-state index contributed by atoms with van der Waals surface area (Å²) in [6.07, 6.45) is 0. The van der Waals surface area contributed by atoms with Crippen LogP contribution >= 0.6 is 15.9 Å². The van der Waals surface area contributed by atoms with Crippen LogP contribution in [-0.2, 0) is 5.33 Å². The number of alkyl halides is 1. The molecule has 4 rings (SSSR count). The third kappa shape index (κ3) is 2.22. The molecule has 0 aliphatic heterocycles. The largest absolute Gasteiger partial charge is 0.0876 e. The fourth-order valence-electron chi connectivity index (χ4n) is 3.11. The molecule has 1 heteroatoms. The van der Waals surface area contributed by atoms with E-state index in [1.54, 1.807) is 0 Å². The number of fused-ring (bicyclic) bond motifs is 2. The molecule has 0 aliphatic carbocycles. The van der Waals surface area contributed by atoms with Crippen LogP contribution in [0.2, 0.25) is 0 Å². The topological polar surface area (TPSA) is 0 Å². The van der Waals surface area contributed by atoms with Crippen molar-refractivity contribution in [2.24, 2.45) is 0 Å². The van der Waals surface area contributed by atoms with Gasteiger partial charge in [-0.1, -0.05) is 88.7 Å². The zero-order chi connectivity index (χ0) is 14.9. The van der Waals surface area contributed by atoms with Crippen molar-refractivity contribution >= 4 is 37.5 Å². The van der Waals surface area contributed by atoms with Crippen LogP contribution in [0.5, 0.6) is 0 Å². The van der Waals surface area contributed by atoms with Crippen LogP contribution in [0.4, 0.5) is 0 Å². The van der Waals surface area contributed by atoms with Crippen molar-refractivity contribution in [3.63, 3.8) is 0 Å². The summed E-state index contributed by atoms with van der Waals surface area (Å²) in [6, 6.07) is 28.3. The Kier molecular flexibility index (Phi) is 3.44. The maximum atomic E-state index is 3.68. The molecule has 106 valence electrons. The van der Waals surface area contributed by atoms with Crippen molar-refractivity contribution < 1.29 is 0 Å². The zero-order valence-corrected chi connectivity index (χ0v) is 13.7. The van der Waals surface area contributed by atoms with Gasteiger partial charge in [0.1, 0.15) is 0 Å². The van der Waals surface area contributed by atoms with Crippen molar-refractivity contribution in [2.75, 3.05) is 0 Å². The molecular weight excluding hydrogens is 332 g/mol. The molecule has 0 amide bonds. The molecular formula is C21H15Br. The standard InChI is InChI=1S/C21H15Br/c22-14-21-19-8-4-3-6-16(19)11-12-20(21)18-10-9-15-5-1-2-7-17(15)13-18/h1-13H,14H2. The van der Waals surface area contributed by atoms with Gasteiger partial charge in [-0.3, -0.25) is 0 Å². The monoisotopic (exact) mass is 346 g/mol. The molecule has 0 bridgehead atoms. The first-order valence-electron chi connectivity index (χ1n) is 7.42. The summed E-state index contributed by atoms with van der Waals surface area (Å²) in [5.41, 5.74) is 3.94. The summed E-state index contributed by atoms with van der Waals surface area (Å²) in [5.74, 6) is 0. The summed E-state index contributed by atoms with van der Waals surface area (Å²) >= 11 is 3.68. The number of hydrogen-bond donors (Lipinski definition) is 0. The van der Waals surface area contributed by atoms with Gasteiger partial charge in [-0.2, -0.15) is 0 Å². The van der Waals surface area contributed by atoms with E-state index in [1.807, 2.05) is 0 Å². The number of halogens is 1. The Bertz CT molecular complexity index is 970. The van der Waals surface area contributed by atoms with E-state index >= 15 is 0 Å². The molecule has 0 spiro atoms. The minimum absolute atomic E-state index is 0.858. The van der Waals surface area contributed by atoms with Crippen molar-refractivity contribution in [2.45, 2.75) is 5.33 Å². The van der Waals surface area contributed by atoms with Gasteiger partial charge in [0.2, 0.25) is 0 Å². The predicted molar refractivity (Wildman–Crippen MR) is 99.5 cm³/mol. The fourth-order valence-corrected chi connectivity index (χ4v) is 3.71. The Morgan fingerprint density at radius 1 is 0.636 bits per heavy atom. The quantitative estimate of drug-likeness (QED) is 0.361. The maximum absolute atomic E-state index is 3.68. The smallest absolute Gasteiger partial charge is 0.0295 e. The molecule has 0 N–H and O–H groups in total. The molecule has 0 unspecified atom stereocenters. The van der Waals surface area contributed by atoms with Crippen LogP contribution in [0, 0.1) is 0 Å². The summed E-state index contributed by atoms with van der Waals surface area (Å²) in [6.45, 7) is 0. The van der Waals surface area contributed by atoms with Gasteiger partial charge in [0, 0.05) is 5.33 Å². The molecule has 22 heavy (non-hydrogen) atoms. The Morgan fingerprint density at radius 2 is 1.32 bits per heavy atom. The molecule has 0 aliphatic rings. The minimum atomic E-state index is 0.858. The van der Waals surface area contributed by atoms with Crippen LogP contribution in [0.25, 0.3) is 32.7 Å². The highest BCUT2D eigenvalue weighted by molar-refractivity contribution is 9.08. The van der Waals surface area contributed by atoms with E-state index in [0.29, 0.717) is 0 Å². The Balaban J connectivity index is 1.99. The summed E-state index contributed by atoms with van der Waals surface area (Å²) in [5, 5.41) is 6.05. The van der Waals surface area contributed by atoms with E-state index in [4.69, 9.17) is 0 Å². The molecule has 0 heterocycles. The van der Waals surface area contributed by atoms with E-state index in [-0.39, 0.29) is 0 Å². The van der Waals surface area contributed by atoms with Crippen LogP contribution in [-0.4, -0.2) is 0 Å². The number of benzene rings is 4. The first kappa shape index (κ1) is 13.5. The third-order valence-corrected chi connectivity index (χ3v) is 4.80. The average molecular weight is 347 g/mol. The predicted octanol–water partition coefficient (Wildman–Crippen LogP) is 6.55. The summed E-state index contributed by atoms with van der Waals surface area (Å²) in [4.78, 5) is 0. The molecule has 4 aromatic rings. The number of hydrogen-bond acceptors (Lipinski definition) is 0. The van der Waals surface area contributed by atoms with Gasteiger partial charge in [-0.15, -0.1) is 0 Å². The fraction of sp³-hybridized carbons (Fsp3) is 0.0476. The zero-order valence-electron chi connectivity index (χ0n) is 12.1. The van der Waals surface area contributed by atoms with Crippen molar-refractivity contribution in [1.29, 1.82) is 0 Å². The molecule has 0 saturated heterocycles. The number of rotatable bonds is 2. The van der Waals surface area contributed by atoms with E-state index in [9.17, 15) is 0 Å². The first-order valence-corrected chi connectivity index (χ1v) is 8.55. The van der Waals surface area contributed by atoms with Crippen LogP contribution in [0.3, 0.4) is 0 Å². The highest BCUT2D eigenvalue weighted by atomic mass is 79.9. The van der Waals surface area contributed by atoms with Crippen molar-refractivity contribution in [3.05, 3.63) is 84.4 Å². The van der Waals surface area contributed by atoms with Crippen LogP contribution in [0.15, 0.2) is 78.9 Å². The van der Waals surface area contributed by atoms with Crippen LogP contribution < -0.4 is 0 Å². The molecule has 0 aromatic heterocycles. The van der Waals surface area contributed by atoms with Gasteiger partial charge >= 0.3 is 0 Å². The lowest BCUT2D eigenvalue weighted by molar-refractivity contribution is 1.48. The molecule has 0 radical (unpaired) electrons. The molecule has 0 nitrogen and oxygen atoms in total. The molecule has 4 aromatic carbocycles. The molecule has 0 atom stereocenters. The van der Waals surface area contributed by atoms with Crippen molar-refractivity contribution in [1.82, 2.24) is 0 Å². The lowest BCUT2D eigenvalue weighted by Crippen LogP contribution is -1.89. The van der Waals surface area contributed by atoms with Gasteiger partial charge in [0.25, 0.3) is 0 Å². The highest BCUT2D eigenvalue weighted by Crippen LogP contribution is 2.33. The van der Waals surface area contributed by atoms with Gasteiger partial charge in [-0.25, -0.2) is 0 Å². The summed E-state index contributed by atoms with van der Waals surface area (Å²) < 4.78 is 0.